The highest BCUT2D eigenvalue weighted by atomic mass is 79.9. The van der Waals surface area contributed by atoms with Crippen LogP contribution in [-0.4, -0.2) is 26.8 Å². The third-order valence-electron chi connectivity index (χ3n) is 3.40. The molecular weight excluding hydrogens is 266 g/mol. The molecule has 0 bridgehead atoms. The van der Waals surface area contributed by atoms with Gasteiger partial charge in [-0.25, -0.2) is 0 Å². The molecule has 0 saturated carbocycles. The molecule has 0 aromatic heterocycles. The molecule has 1 aliphatic rings. The molecule has 1 fully saturated rings. The zero-order chi connectivity index (χ0) is 11.4. The summed E-state index contributed by atoms with van der Waals surface area (Å²) >= 11 is 3.55. The molecule has 2 nitrogen and oxygen atoms in total. The quantitative estimate of drug-likeness (QED) is 0.921. The highest BCUT2D eigenvalue weighted by Gasteiger charge is 2.33. The van der Waals surface area contributed by atoms with Gasteiger partial charge in [0, 0.05) is 29.6 Å². The first-order valence-corrected chi connectivity index (χ1v) is 6.54. The van der Waals surface area contributed by atoms with E-state index in [9.17, 15) is 0 Å². The lowest BCUT2D eigenvalue weighted by atomic mass is 9.74. The first-order chi connectivity index (χ1) is 7.77. The summed E-state index contributed by atoms with van der Waals surface area (Å²) in [5, 5.41) is 3.33. The summed E-state index contributed by atoms with van der Waals surface area (Å²) in [6, 6.07) is 8.66. The van der Waals surface area contributed by atoms with E-state index in [-0.39, 0.29) is 5.41 Å². The Bertz CT molecular complexity index is 342. The van der Waals surface area contributed by atoms with Crippen LogP contribution in [0, 0.1) is 0 Å². The molecule has 0 spiro atoms. The molecule has 0 unspecified atom stereocenters. The van der Waals surface area contributed by atoms with E-state index in [0.717, 1.165) is 37.1 Å². The Hall–Kier alpha value is -0.380. The van der Waals surface area contributed by atoms with Crippen molar-refractivity contribution in [3.8, 4) is 0 Å². The second kappa shape index (κ2) is 5.30. The van der Waals surface area contributed by atoms with Gasteiger partial charge < -0.3 is 10.1 Å². The largest absolute Gasteiger partial charge is 0.381 e. The van der Waals surface area contributed by atoms with Gasteiger partial charge in [-0.1, -0.05) is 28.1 Å². The Morgan fingerprint density at radius 2 is 2.12 bits per heavy atom. The summed E-state index contributed by atoms with van der Waals surface area (Å²) in [5.74, 6) is 0. The van der Waals surface area contributed by atoms with Crippen molar-refractivity contribution in [3.05, 3.63) is 34.3 Å². The second-order valence-corrected chi connectivity index (χ2v) is 5.35. The van der Waals surface area contributed by atoms with Crippen LogP contribution in [0.25, 0.3) is 0 Å². The Labute approximate surface area is 106 Å². The Morgan fingerprint density at radius 3 is 2.75 bits per heavy atom. The molecule has 0 radical (unpaired) electrons. The third kappa shape index (κ3) is 2.47. The molecule has 16 heavy (non-hydrogen) atoms. The van der Waals surface area contributed by atoms with Crippen molar-refractivity contribution in [2.24, 2.45) is 0 Å². The average molecular weight is 284 g/mol. The van der Waals surface area contributed by atoms with Crippen LogP contribution in [0.1, 0.15) is 18.4 Å². The average Bonchev–Trinajstić information content (AvgIpc) is 2.31. The van der Waals surface area contributed by atoms with Crippen molar-refractivity contribution in [2.45, 2.75) is 18.3 Å². The number of nitrogens with one attached hydrogen (secondary N) is 1. The summed E-state index contributed by atoms with van der Waals surface area (Å²) in [6.07, 6.45) is 2.20. The van der Waals surface area contributed by atoms with E-state index >= 15 is 0 Å². The number of hydrogen-bond donors (Lipinski definition) is 1. The fraction of sp³-hybridized carbons (Fsp3) is 0.538. The summed E-state index contributed by atoms with van der Waals surface area (Å²) in [7, 11) is 2.02. The monoisotopic (exact) mass is 283 g/mol. The summed E-state index contributed by atoms with van der Waals surface area (Å²) in [4.78, 5) is 0. The van der Waals surface area contributed by atoms with E-state index < -0.39 is 0 Å². The molecule has 0 atom stereocenters. The van der Waals surface area contributed by atoms with Crippen molar-refractivity contribution in [1.29, 1.82) is 0 Å². The minimum Gasteiger partial charge on any atom is -0.381 e. The van der Waals surface area contributed by atoms with E-state index in [1.54, 1.807) is 0 Å². The van der Waals surface area contributed by atoms with Crippen LogP contribution < -0.4 is 5.32 Å². The Morgan fingerprint density at radius 1 is 1.38 bits per heavy atom. The first-order valence-electron chi connectivity index (χ1n) is 5.75. The normalized spacial score (nSPS) is 19.6. The van der Waals surface area contributed by atoms with Crippen LogP contribution in [-0.2, 0) is 10.2 Å². The smallest absolute Gasteiger partial charge is 0.0475 e. The predicted molar refractivity (Wildman–Crippen MR) is 69.8 cm³/mol. The van der Waals surface area contributed by atoms with Crippen LogP contribution >= 0.6 is 15.9 Å². The minimum absolute atomic E-state index is 0.247. The summed E-state index contributed by atoms with van der Waals surface area (Å²) < 4.78 is 6.64. The fourth-order valence-electron chi connectivity index (χ4n) is 2.49. The summed E-state index contributed by atoms with van der Waals surface area (Å²) in [6.45, 7) is 2.76. The van der Waals surface area contributed by atoms with Gasteiger partial charge in [0.2, 0.25) is 0 Å². The lowest BCUT2D eigenvalue weighted by Gasteiger charge is -2.37. The van der Waals surface area contributed by atoms with Gasteiger partial charge in [0.15, 0.2) is 0 Å². The van der Waals surface area contributed by atoms with Gasteiger partial charge in [-0.2, -0.15) is 0 Å². The van der Waals surface area contributed by atoms with E-state index in [2.05, 4.69) is 45.5 Å². The zero-order valence-electron chi connectivity index (χ0n) is 9.63. The molecule has 0 amide bonds. The van der Waals surface area contributed by atoms with E-state index in [4.69, 9.17) is 4.74 Å². The van der Waals surface area contributed by atoms with E-state index in [0.29, 0.717) is 0 Å². The van der Waals surface area contributed by atoms with Crippen molar-refractivity contribution in [1.82, 2.24) is 5.32 Å². The number of ether oxygens (including phenoxy) is 1. The predicted octanol–water partition coefficient (Wildman–Crippen LogP) is 2.72. The van der Waals surface area contributed by atoms with Crippen molar-refractivity contribution in [3.63, 3.8) is 0 Å². The Kier molecular flexibility index (Phi) is 4.00. The van der Waals surface area contributed by atoms with Crippen molar-refractivity contribution in [2.75, 3.05) is 26.8 Å². The molecule has 1 saturated heterocycles. The standard InChI is InChI=1S/C13H18BrNO/c1-15-10-13(5-7-16-8-6-13)11-3-2-4-12(14)9-11/h2-4,9,15H,5-8,10H2,1H3. The van der Waals surface area contributed by atoms with Gasteiger partial charge in [-0.3, -0.25) is 0 Å². The van der Waals surface area contributed by atoms with Crippen molar-refractivity contribution < 1.29 is 4.74 Å². The van der Waals surface area contributed by atoms with Gasteiger partial charge in [0.25, 0.3) is 0 Å². The van der Waals surface area contributed by atoms with Gasteiger partial charge in [-0.05, 0) is 37.6 Å². The number of benzene rings is 1. The lowest BCUT2D eigenvalue weighted by molar-refractivity contribution is 0.0505. The maximum absolute atomic E-state index is 5.48. The molecule has 88 valence electrons. The van der Waals surface area contributed by atoms with Crippen LogP contribution in [0.5, 0.6) is 0 Å². The first kappa shape index (κ1) is 12.1. The van der Waals surface area contributed by atoms with Crippen LogP contribution in [0.2, 0.25) is 0 Å². The van der Waals surface area contributed by atoms with Crippen LogP contribution in [0.4, 0.5) is 0 Å². The highest BCUT2D eigenvalue weighted by molar-refractivity contribution is 9.10. The molecule has 0 aliphatic carbocycles. The minimum atomic E-state index is 0.247. The molecule has 2 rings (SSSR count). The number of halogens is 1. The Balaban J connectivity index is 2.30. The van der Waals surface area contributed by atoms with Crippen LogP contribution in [0.15, 0.2) is 28.7 Å². The lowest BCUT2D eigenvalue weighted by Crippen LogP contribution is -2.41. The van der Waals surface area contributed by atoms with E-state index in [1.807, 2.05) is 7.05 Å². The van der Waals surface area contributed by atoms with Gasteiger partial charge in [-0.15, -0.1) is 0 Å². The van der Waals surface area contributed by atoms with Gasteiger partial charge in [0.05, 0.1) is 0 Å². The highest BCUT2D eigenvalue weighted by Crippen LogP contribution is 2.35. The number of rotatable bonds is 3. The number of hydrogen-bond acceptors (Lipinski definition) is 2. The van der Waals surface area contributed by atoms with Crippen molar-refractivity contribution >= 4 is 15.9 Å². The topological polar surface area (TPSA) is 21.3 Å². The maximum Gasteiger partial charge on any atom is 0.0475 e. The molecule has 1 heterocycles. The molecular formula is C13H18BrNO. The fourth-order valence-corrected chi connectivity index (χ4v) is 2.89. The van der Waals surface area contributed by atoms with Crippen LogP contribution in [0.3, 0.4) is 0 Å². The molecule has 3 heteroatoms. The van der Waals surface area contributed by atoms with E-state index in [1.165, 1.54) is 5.56 Å². The second-order valence-electron chi connectivity index (χ2n) is 4.43. The molecule has 1 aliphatic heterocycles. The third-order valence-corrected chi connectivity index (χ3v) is 3.90. The van der Waals surface area contributed by atoms with Gasteiger partial charge in [0.1, 0.15) is 0 Å². The molecule has 1 N–H and O–H groups in total. The SMILES string of the molecule is CNCC1(c2cccc(Br)c2)CCOCC1. The molecule has 1 aromatic carbocycles. The molecule has 1 aromatic rings. The van der Waals surface area contributed by atoms with Gasteiger partial charge >= 0.3 is 0 Å². The zero-order valence-corrected chi connectivity index (χ0v) is 11.2. The maximum atomic E-state index is 5.48. The summed E-state index contributed by atoms with van der Waals surface area (Å²) in [5.41, 5.74) is 1.66. The number of likely N-dealkylation sites (N-methyl/N-ethyl adjacent to an activating group) is 1.